The van der Waals surface area contributed by atoms with Gasteiger partial charge in [-0.3, -0.25) is 0 Å². The van der Waals surface area contributed by atoms with Gasteiger partial charge in [0.1, 0.15) is 11.6 Å². The number of para-hydroxylation sites is 1. The van der Waals surface area contributed by atoms with Crippen LogP contribution in [-0.4, -0.2) is 5.71 Å². The number of aryl methyl sites for hydroxylation is 1. The molecule has 4 heteroatoms. The first-order valence-electron chi connectivity index (χ1n) is 8.62. The molecule has 0 aromatic heterocycles. The van der Waals surface area contributed by atoms with Crippen LogP contribution in [0.3, 0.4) is 0 Å². The van der Waals surface area contributed by atoms with Gasteiger partial charge in [-0.15, -0.1) is 0 Å². The molecule has 0 bridgehead atoms. The Labute approximate surface area is 147 Å². The molecule has 2 nitrogen and oxygen atoms in total. The molecule has 3 rings (SSSR count). The van der Waals surface area contributed by atoms with Crippen LogP contribution in [0.15, 0.2) is 59.8 Å². The number of nitrogens with zero attached hydrogens (tertiary/aromatic N) is 2. The molecule has 1 aliphatic rings. The Morgan fingerprint density at radius 1 is 1.04 bits per heavy atom. The smallest absolute Gasteiger partial charge is 0.132 e. The van der Waals surface area contributed by atoms with Crippen molar-refractivity contribution in [1.29, 1.82) is 0 Å². The average Bonchev–Trinajstić information content (AvgIpc) is 2.60. The molecule has 1 aliphatic heterocycles. The number of benzene rings is 2. The van der Waals surface area contributed by atoms with Gasteiger partial charge in [-0.1, -0.05) is 31.2 Å². The van der Waals surface area contributed by atoms with Crippen LogP contribution in [0, 0.1) is 11.6 Å². The van der Waals surface area contributed by atoms with Crippen LogP contribution in [0.1, 0.15) is 43.7 Å². The van der Waals surface area contributed by atoms with E-state index in [1.165, 1.54) is 11.6 Å². The van der Waals surface area contributed by atoms with Crippen molar-refractivity contribution in [2.45, 2.75) is 39.0 Å². The van der Waals surface area contributed by atoms with E-state index in [9.17, 15) is 8.78 Å². The summed E-state index contributed by atoms with van der Waals surface area (Å²) in [5.74, 6) is -0.911. The Balaban J connectivity index is 2.14. The van der Waals surface area contributed by atoms with Crippen molar-refractivity contribution in [1.82, 2.24) is 0 Å². The monoisotopic (exact) mass is 340 g/mol. The van der Waals surface area contributed by atoms with E-state index in [0.717, 1.165) is 49.2 Å². The Bertz CT molecular complexity index is 811. The summed E-state index contributed by atoms with van der Waals surface area (Å²) in [7, 11) is 0. The van der Waals surface area contributed by atoms with Gasteiger partial charge in [0.2, 0.25) is 0 Å². The molecule has 0 radical (unpaired) electrons. The maximum Gasteiger partial charge on any atom is 0.132 e. The van der Waals surface area contributed by atoms with Gasteiger partial charge < -0.3 is 0 Å². The van der Waals surface area contributed by atoms with Crippen LogP contribution in [-0.2, 0) is 6.42 Å². The van der Waals surface area contributed by atoms with Crippen LogP contribution in [0.25, 0.3) is 0 Å². The Kier molecular flexibility index (Phi) is 5.27. The number of allylic oxidation sites excluding steroid dienone is 1. The highest BCUT2D eigenvalue weighted by Crippen LogP contribution is 2.28. The van der Waals surface area contributed by atoms with Gasteiger partial charge in [-0.25, -0.2) is 13.8 Å². The molecule has 1 heterocycles. The standard InChI is InChI=1S/C21H22F2N2/c1-15(2)25-21-11-7-6-9-16(21)8-4-3-5-10-20(24-25)18-14-17(22)12-13-19(18)23/h6-7,9,11-14H,1,3-5,8,10H2,2H3/b24-20+. The minimum Gasteiger partial charge on any atom is -0.238 e. The van der Waals surface area contributed by atoms with Crippen LogP contribution >= 0.6 is 0 Å². The van der Waals surface area contributed by atoms with Crippen molar-refractivity contribution in [2.24, 2.45) is 5.10 Å². The minimum atomic E-state index is -0.460. The van der Waals surface area contributed by atoms with E-state index in [2.05, 4.69) is 12.6 Å². The fourth-order valence-corrected chi connectivity index (χ4v) is 3.14. The van der Waals surface area contributed by atoms with Crippen molar-refractivity contribution < 1.29 is 8.78 Å². The first kappa shape index (κ1) is 17.3. The third-order valence-corrected chi connectivity index (χ3v) is 4.40. The maximum atomic E-state index is 14.3. The maximum absolute atomic E-state index is 14.3. The van der Waals surface area contributed by atoms with Crippen LogP contribution in [0.4, 0.5) is 14.5 Å². The summed E-state index contributed by atoms with van der Waals surface area (Å²) >= 11 is 0. The summed E-state index contributed by atoms with van der Waals surface area (Å²) in [5, 5.41) is 6.44. The Hall–Kier alpha value is -2.49. The molecule has 2 aromatic rings. The first-order valence-corrected chi connectivity index (χ1v) is 8.62. The molecule has 0 saturated carbocycles. The number of hydrazone groups is 1. The van der Waals surface area contributed by atoms with E-state index in [1.807, 2.05) is 25.1 Å². The van der Waals surface area contributed by atoms with E-state index in [4.69, 9.17) is 5.10 Å². The number of fused-ring (bicyclic) bond motifs is 1. The number of hydrogen-bond donors (Lipinski definition) is 0. The first-order chi connectivity index (χ1) is 12.1. The zero-order valence-corrected chi connectivity index (χ0v) is 14.4. The average molecular weight is 340 g/mol. The van der Waals surface area contributed by atoms with Gasteiger partial charge in [0.15, 0.2) is 0 Å². The predicted octanol–water partition coefficient (Wildman–Crippen LogP) is 5.83. The lowest BCUT2D eigenvalue weighted by Crippen LogP contribution is -2.20. The summed E-state index contributed by atoms with van der Waals surface area (Å²) in [4.78, 5) is 0. The fraction of sp³-hybridized carbons (Fsp3) is 0.286. The molecule has 0 N–H and O–H groups in total. The van der Waals surface area contributed by atoms with Gasteiger partial charge in [0, 0.05) is 11.3 Å². The lowest BCUT2D eigenvalue weighted by Gasteiger charge is -2.25. The van der Waals surface area contributed by atoms with Crippen LogP contribution in [0.2, 0.25) is 0 Å². The van der Waals surface area contributed by atoms with Crippen molar-refractivity contribution in [3.8, 4) is 0 Å². The number of hydrogen-bond acceptors (Lipinski definition) is 2. The highest BCUT2D eigenvalue weighted by Gasteiger charge is 2.17. The summed E-state index contributed by atoms with van der Waals surface area (Å²) in [6.45, 7) is 5.89. The zero-order chi connectivity index (χ0) is 17.8. The van der Waals surface area contributed by atoms with Gasteiger partial charge in [-0.2, -0.15) is 5.10 Å². The summed E-state index contributed by atoms with van der Waals surface area (Å²) in [5.41, 5.74) is 3.66. The Morgan fingerprint density at radius 3 is 2.60 bits per heavy atom. The largest absolute Gasteiger partial charge is 0.238 e. The summed E-state index contributed by atoms with van der Waals surface area (Å²) in [6.07, 6.45) is 4.55. The molecule has 25 heavy (non-hydrogen) atoms. The van der Waals surface area contributed by atoms with Crippen molar-refractivity contribution in [3.63, 3.8) is 0 Å². The number of halogens is 2. The second-order valence-corrected chi connectivity index (χ2v) is 6.41. The SMILES string of the molecule is C=C(C)N1/N=C(/c2cc(F)ccc2F)CCCCCc2ccccc21. The van der Waals surface area contributed by atoms with Gasteiger partial charge in [0.05, 0.1) is 11.4 Å². The lowest BCUT2D eigenvalue weighted by atomic mass is 9.99. The molecule has 2 aromatic carbocycles. The molecular weight excluding hydrogens is 318 g/mol. The second-order valence-electron chi connectivity index (χ2n) is 6.41. The third kappa shape index (κ3) is 3.95. The molecule has 0 spiro atoms. The summed E-state index contributed by atoms with van der Waals surface area (Å²) < 4.78 is 28.0. The van der Waals surface area contributed by atoms with E-state index in [0.29, 0.717) is 12.1 Å². The second kappa shape index (κ2) is 7.60. The van der Waals surface area contributed by atoms with Gasteiger partial charge in [-0.05, 0) is 62.4 Å². The quantitative estimate of drug-likeness (QED) is 0.672. The van der Waals surface area contributed by atoms with Crippen LogP contribution in [0.5, 0.6) is 0 Å². The molecule has 0 saturated heterocycles. The predicted molar refractivity (Wildman–Crippen MR) is 98.8 cm³/mol. The number of rotatable bonds is 2. The molecular formula is C21H22F2N2. The molecule has 130 valence electrons. The van der Waals surface area contributed by atoms with Crippen molar-refractivity contribution in [3.05, 3.63) is 77.5 Å². The summed E-state index contributed by atoms with van der Waals surface area (Å²) in [6, 6.07) is 11.6. The fourth-order valence-electron chi connectivity index (χ4n) is 3.14. The molecule has 0 unspecified atom stereocenters. The topological polar surface area (TPSA) is 15.6 Å². The molecule has 0 aliphatic carbocycles. The third-order valence-electron chi connectivity index (χ3n) is 4.40. The highest BCUT2D eigenvalue weighted by molar-refractivity contribution is 6.01. The van der Waals surface area contributed by atoms with E-state index < -0.39 is 11.6 Å². The van der Waals surface area contributed by atoms with Crippen molar-refractivity contribution in [2.75, 3.05) is 5.01 Å². The van der Waals surface area contributed by atoms with Gasteiger partial charge in [0.25, 0.3) is 0 Å². The minimum absolute atomic E-state index is 0.226. The lowest BCUT2D eigenvalue weighted by molar-refractivity contribution is 0.596. The molecule has 0 atom stereocenters. The van der Waals surface area contributed by atoms with Crippen LogP contribution < -0.4 is 5.01 Å². The number of anilines is 1. The van der Waals surface area contributed by atoms with E-state index in [1.54, 1.807) is 5.01 Å². The van der Waals surface area contributed by atoms with Gasteiger partial charge >= 0.3 is 0 Å². The van der Waals surface area contributed by atoms with E-state index >= 15 is 0 Å². The van der Waals surface area contributed by atoms with Crippen molar-refractivity contribution >= 4 is 11.4 Å². The molecule has 0 amide bonds. The normalized spacial score (nSPS) is 17.4. The Morgan fingerprint density at radius 2 is 1.80 bits per heavy atom. The molecule has 0 fully saturated rings. The zero-order valence-electron chi connectivity index (χ0n) is 14.4. The van der Waals surface area contributed by atoms with E-state index in [-0.39, 0.29) is 5.56 Å². The highest BCUT2D eigenvalue weighted by atomic mass is 19.1.